The molecule has 2 N–H and O–H groups in total. The minimum Gasteiger partial charge on any atom is -0.326 e. The van der Waals surface area contributed by atoms with E-state index in [0.717, 1.165) is 10.8 Å². The van der Waals surface area contributed by atoms with Gasteiger partial charge in [-0.05, 0) is 24.1 Å². The van der Waals surface area contributed by atoms with Crippen LogP contribution in [0.4, 0.5) is 0 Å². The van der Waals surface area contributed by atoms with Crippen LogP contribution in [-0.4, -0.2) is 21.2 Å². The van der Waals surface area contributed by atoms with Gasteiger partial charge in [0.2, 0.25) is 0 Å². The Morgan fingerprint density at radius 2 is 2.18 bits per heavy atom. The molecule has 2 unspecified atom stereocenters. The smallest absolute Gasteiger partial charge is 0.174 e. The molecule has 17 heavy (non-hydrogen) atoms. The van der Waals surface area contributed by atoms with E-state index in [0.29, 0.717) is 0 Å². The van der Waals surface area contributed by atoms with Crippen molar-refractivity contribution in [2.24, 2.45) is 5.73 Å². The van der Waals surface area contributed by atoms with Crippen LogP contribution in [0, 0.1) is 0 Å². The summed E-state index contributed by atoms with van der Waals surface area (Å²) in [7, 11) is 0. The first-order chi connectivity index (χ1) is 8.31. The standard InChI is InChI=1S/C11H14N4S2/c1-2-9(12)10(8-3-5-13-6-4-8)17-11-15-14-7-16-11/h3-7,9-10H,2,12H2,1H3. The first kappa shape index (κ1) is 12.5. The van der Waals surface area contributed by atoms with Gasteiger partial charge < -0.3 is 5.73 Å². The van der Waals surface area contributed by atoms with E-state index >= 15 is 0 Å². The summed E-state index contributed by atoms with van der Waals surface area (Å²) in [6, 6.07) is 4.12. The summed E-state index contributed by atoms with van der Waals surface area (Å²) >= 11 is 3.22. The molecule has 90 valence electrons. The highest BCUT2D eigenvalue weighted by Crippen LogP contribution is 2.38. The molecular weight excluding hydrogens is 252 g/mol. The predicted molar refractivity (Wildman–Crippen MR) is 71.0 cm³/mol. The highest BCUT2D eigenvalue weighted by molar-refractivity contribution is 8.01. The molecule has 0 aromatic carbocycles. The SMILES string of the molecule is CCC(N)C(Sc1nncs1)c1ccncc1. The number of rotatable bonds is 5. The summed E-state index contributed by atoms with van der Waals surface area (Å²) in [4.78, 5) is 4.03. The second-order valence-corrected chi connectivity index (χ2v) is 5.82. The Kier molecular flexibility index (Phi) is 4.47. The fourth-order valence-corrected chi connectivity index (χ4v) is 3.41. The molecule has 0 radical (unpaired) electrons. The van der Waals surface area contributed by atoms with Crippen molar-refractivity contribution in [2.75, 3.05) is 0 Å². The number of thioether (sulfide) groups is 1. The lowest BCUT2D eigenvalue weighted by atomic mass is 10.1. The lowest BCUT2D eigenvalue weighted by Crippen LogP contribution is -2.25. The fourth-order valence-electron chi connectivity index (χ4n) is 1.49. The van der Waals surface area contributed by atoms with Crippen molar-refractivity contribution >= 4 is 23.1 Å². The van der Waals surface area contributed by atoms with E-state index in [1.165, 1.54) is 5.56 Å². The van der Waals surface area contributed by atoms with Crippen molar-refractivity contribution in [2.45, 2.75) is 29.0 Å². The third kappa shape index (κ3) is 3.24. The average Bonchev–Trinajstić information content (AvgIpc) is 2.89. The molecule has 0 aliphatic rings. The van der Waals surface area contributed by atoms with Gasteiger partial charge >= 0.3 is 0 Å². The Morgan fingerprint density at radius 3 is 2.76 bits per heavy atom. The molecule has 0 fully saturated rings. The molecule has 0 saturated heterocycles. The van der Waals surface area contributed by atoms with Crippen molar-refractivity contribution in [3.8, 4) is 0 Å². The summed E-state index contributed by atoms with van der Waals surface area (Å²) in [5, 5.41) is 8.11. The third-order valence-corrected chi connectivity index (χ3v) is 4.68. The van der Waals surface area contributed by atoms with Crippen LogP contribution in [0.3, 0.4) is 0 Å². The van der Waals surface area contributed by atoms with Crippen LogP contribution < -0.4 is 5.73 Å². The molecule has 2 atom stereocenters. The van der Waals surface area contributed by atoms with Gasteiger partial charge in [-0.1, -0.05) is 30.0 Å². The maximum Gasteiger partial charge on any atom is 0.174 e. The molecule has 0 aliphatic heterocycles. The first-order valence-corrected chi connectivity index (χ1v) is 7.15. The summed E-state index contributed by atoms with van der Waals surface area (Å²) < 4.78 is 0.954. The van der Waals surface area contributed by atoms with Gasteiger partial charge in [0.05, 0.1) is 5.25 Å². The topological polar surface area (TPSA) is 64.7 Å². The largest absolute Gasteiger partial charge is 0.326 e. The van der Waals surface area contributed by atoms with Crippen LogP contribution in [0.25, 0.3) is 0 Å². The van der Waals surface area contributed by atoms with Gasteiger partial charge in [-0.2, -0.15) is 0 Å². The molecular formula is C11H14N4S2. The second-order valence-electron chi connectivity index (χ2n) is 3.60. The Labute approximate surface area is 109 Å². The predicted octanol–water partition coefficient (Wildman–Crippen LogP) is 2.50. The summed E-state index contributed by atoms with van der Waals surface area (Å²) in [5.41, 5.74) is 9.11. The number of nitrogens with two attached hydrogens (primary N) is 1. The van der Waals surface area contributed by atoms with E-state index in [-0.39, 0.29) is 11.3 Å². The van der Waals surface area contributed by atoms with Crippen LogP contribution in [0.1, 0.15) is 24.2 Å². The van der Waals surface area contributed by atoms with Crippen LogP contribution in [0.15, 0.2) is 34.4 Å². The van der Waals surface area contributed by atoms with Crippen molar-refractivity contribution < 1.29 is 0 Å². The molecule has 0 saturated carbocycles. The van der Waals surface area contributed by atoms with Gasteiger partial charge in [0.1, 0.15) is 5.51 Å². The molecule has 0 amide bonds. The number of hydrogen-bond acceptors (Lipinski definition) is 6. The average molecular weight is 266 g/mol. The molecule has 2 aromatic rings. The quantitative estimate of drug-likeness (QED) is 0.842. The van der Waals surface area contributed by atoms with E-state index in [9.17, 15) is 0 Å². The minimum absolute atomic E-state index is 0.103. The second kappa shape index (κ2) is 6.09. The normalized spacial score (nSPS) is 14.5. The van der Waals surface area contributed by atoms with E-state index in [4.69, 9.17) is 5.73 Å². The Balaban J connectivity index is 2.20. The summed E-state index contributed by atoms with van der Waals surface area (Å²) in [6.45, 7) is 2.10. The van der Waals surface area contributed by atoms with Crippen LogP contribution in [0.2, 0.25) is 0 Å². The summed E-state index contributed by atoms with van der Waals surface area (Å²) in [6.07, 6.45) is 4.52. The lowest BCUT2D eigenvalue weighted by molar-refractivity contribution is 0.633. The number of aromatic nitrogens is 3. The van der Waals surface area contributed by atoms with E-state index in [1.807, 2.05) is 12.1 Å². The maximum atomic E-state index is 6.18. The van der Waals surface area contributed by atoms with Crippen molar-refractivity contribution in [3.05, 3.63) is 35.6 Å². The van der Waals surface area contributed by atoms with Crippen molar-refractivity contribution in [1.82, 2.24) is 15.2 Å². The number of nitrogens with zero attached hydrogens (tertiary/aromatic N) is 3. The van der Waals surface area contributed by atoms with E-state index in [1.54, 1.807) is 41.0 Å². The molecule has 2 heterocycles. The highest BCUT2D eigenvalue weighted by atomic mass is 32.2. The number of pyridine rings is 1. The minimum atomic E-state index is 0.103. The van der Waals surface area contributed by atoms with Gasteiger partial charge in [-0.15, -0.1) is 10.2 Å². The Bertz CT molecular complexity index is 432. The van der Waals surface area contributed by atoms with Crippen LogP contribution in [0.5, 0.6) is 0 Å². The van der Waals surface area contributed by atoms with E-state index < -0.39 is 0 Å². The van der Waals surface area contributed by atoms with Crippen molar-refractivity contribution in [3.63, 3.8) is 0 Å². The molecule has 6 heteroatoms. The lowest BCUT2D eigenvalue weighted by Gasteiger charge is -2.21. The number of hydrogen-bond donors (Lipinski definition) is 1. The van der Waals surface area contributed by atoms with Crippen LogP contribution in [-0.2, 0) is 0 Å². The molecule has 2 rings (SSSR count). The van der Waals surface area contributed by atoms with Gasteiger partial charge in [0, 0.05) is 18.4 Å². The molecule has 0 aliphatic carbocycles. The van der Waals surface area contributed by atoms with Gasteiger partial charge in [-0.25, -0.2) is 0 Å². The monoisotopic (exact) mass is 266 g/mol. The zero-order valence-electron chi connectivity index (χ0n) is 9.48. The van der Waals surface area contributed by atoms with E-state index in [2.05, 4.69) is 22.1 Å². The zero-order chi connectivity index (χ0) is 12.1. The molecule has 4 nitrogen and oxygen atoms in total. The molecule has 0 spiro atoms. The first-order valence-electron chi connectivity index (χ1n) is 5.39. The molecule has 0 bridgehead atoms. The Morgan fingerprint density at radius 1 is 1.41 bits per heavy atom. The Hall–Kier alpha value is -0.980. The third-order valence-electron chi connectivity index (χ3n) is 2.46. The zero-order valence-corrected chi connectivity index (χ0v) is 11.1. The van der Waals surface area contributed by atoms with Gasteiger partial charge in [0.25, 0.3) is 0 Å². The summed E-state index contributed by atoms with van der Waals surface area (Å²) in [5.74, 6) is 0. The van der Waals surface area contributed by atoms with Crippen molar-refractivity contribution in [1.29, 1.82) is 0 Å². The van der Waals surface area contributed by atoms with Crippen LogP contribution >= 0.6 is 23.1 Å². The molecule has 2 aromatic heterocycles. The highest BCUT2D eigenvalue weighted by Gasteiger charge is 2.21. The van der Waals surface area contributed by atoms with Gasteiger partial charge in [0.15, 0.2) is 4.34 Å². The van der Waals surface area contributed by atoms with Gasteiger partial charge in [-0.3, -0.25) is 4.98 Å². The maximum absolute atomic E-state index is 6.18. The fraction of sp³-hybridized carbons (Fsp3) is 0.364.